The molecule has 0 atom stereocenters. The summed E-state index contributed by atoms with van der Waals surface area (Å²) < 4.78 is 10.9. The third-order valence-electron chi connectivity index (χ3n) is 4.48. The first kappa shape index (κ1) is 20.7. The fourth-order valence-electron chi connectivity index (χ4n) is 3.22. The number of hydrogen-bond acceptors (Lipinski definition) is 4. The van der Waals surface area contributed by atoms with Crippen molar-refractivity contribution in [2.75, 3.05) is 18.1 Å². The number of carbonyl (C=O) groups excluding carboxylic acids is 2. The van der Waals surface area contributed by atoms with Crippen LogP contribution >= 0.6 is 11.6 Å². The van der Waals surface area contributed by atoms with E-state index in [0.717, 1.165) is 0 Å². The van der Waals surface area contributed by atoms with Gasteiger partial charge in [-0.15, -0.1) is 0 Å². The highest BCUT2D eigenvalue weighted by molar-refractivity contribution is 6.30. The number of para-hydroxylation sites is 1. The predicted octanol–water partition coefficient (Wildman–Crippen LogP) is 5.01. The molecule has 1 aliphatic rings. The van der Waals surface area contributed by atoms with Crippen LogP contribution in [-0.4, -0.2) is 25.1 Å². The van der Waals surface area contributed by atoms with Gasteiger partial charge in [0, 0.05) is 22.0 Å². The van der Waals surface area contributed by atoms with Gasteiger partial charge in [0.2, 0.25) is 0 Å². The Morgan fingerprint density at radius 1 is 1.07 bits per heavy atom. The van der Waals surface area contributed by atoms with Crippen LogP contribution in [0.25, 0.3) is 6.08 Å². The molecule has 0 bridgehead atoms. The standard InChI is InChI=1S/C23H22ClNO4/c1-4-28-20-9-7-6-8-16(20)14-19-21(23(27)29-5-2)15(3)25(22(19)26)18-12-10-17(24)11-13-18/h6-14H,4-5H2,1-3H3/b19-14-. The van der Waals surface area contributed by atoms with Gasteiger partial charge in [-0.2, -0.15) is 0 Å². The van der Waals surface area contributed by atoms with Crippen LogP contribution in [0.3, 0.4) is 0 Å². The first-order chi connectivity index (χ1) is 14.0. The summed E-state index contributed by atoms with van der Waals surface area (Å²) in [4.78, 5) is 27.5. The largest absolute Gasteiger partial charge is 0.493 e. The Morgan fingerprint density at radius 3 is 2.41 bits per heavy atom. The molecule has 0 fully saturated rings. The van der Waals surface area contributed by atoms with E-state index >= 15 is 0 Å². The Hall–Kier alpha value is -3.05. The number of anilines is 1. The Labute approximate surface area is 175 Å². The Balaban J connectivity index is 2.13. The van der Waals surface area contributed by atoms with Crippen LogP contribution in [0.2, 0.25) is 5.02 Å². The highest BCUT2D eigenvalue weighted by Gasteiger charge is 2.38. The molecule has 1 heterocycles. The molecule has 0 saturated carbocycles. The molecule has 1 aliphatic heterocycles. The number of allylic oxidation sites excluding steroid dienone is 1. The second-order valence-corrected chi connectivity index (χ2v) is 6.76. The van der Waals surface area contributed by atoms with E-state index in [1.165, 1.54) is 4.90 Å². The van der Waals surface area contributed by atoms with E-state index in [9.17, 15) is 9.59 Å². The maximum Gasteiger partial charge on any atom is 0.340 e. The van der Waals surface area contributed by atoms with Gasteiger partial charge in [0.25, 0.3) is 5.91 Å². The zero-order valence-corrected chi connectivity index (χ0v) is 17.3. The van der Waals surface area contributed by atoms with E-state index in [1.807, 2.05) is 31.2 Å². The lowest BCUT2D eigenvalue weighted by Crippen LogP contribution is -2.24. The number of amides is 1. The van der Waals surface area contributed by atoms with Crippen molar-refractivity contribution in [1.82, 2.24) is 0 Å². The molecule has 0 aliphatic carbocycles. The maximum atomic E-state index is 13.3. The molecule has 0 radical (unpaired) electrons. The van der Waals surface area contributed by atoms with E-state index in [1.54, 1.807) is 44.2 Å². The van der Waals surface area contributed by atoms with E-state index in [4.69, 9.17) is 21.1 Å². The smallest absolute Gasteiger partial charge is 0.340 e. The van der Waals surface area contributed by atoms with Crippen LogP contribution < -0.4 is 9.64 Å². The minimum absolute atomic E-state index is 0.216. The number of carbonyl (C=O) groups is 2. The molecular weight excluding hydrogens is 390 g/mol. The van der Waals surface area contributed by atoms with Gasteiger partial charge in [0.1, 0.15) is 5.75 Å². The normalized spacial score (nSPS) is 15.2. The summed E-state index contributed by atoms with van der Waals surface area (Å²) in [7, 11) is 0. The average molecular weight is 412 g/mol. The van der Waals surface area contributed by atoms with Crippen LogP contribution in [0.15, 0.2) is 65.4 Å². The van der Waals surface area contributed by atoms with Crippen molar-refractivity contribution in [3.8, 4) is 5.75 Å². The summed E-state index contributed by atoms with van der Waals surface area (Å²) in [6.07, 6.45) is 1.68. The minimum Gasteiger partial charge on any atom is -0.493 e. The van der Waals surface area contributed by atoms with Gasteiger partial charge < -0.3 is 9.47 Å². The van der Waals surface area contributed by atoms with E-state index in [2.05, 4.69) is 0 Å². The van der Waals surface area contributed by atoms with E-state index < -0.39 is 5.97 Å². The molecule has 3 rings (SSSR count). The SMILES string of the molecule is CCOC(=O)C1=C(C)N(c2ccc(Cl)cc2)C(=O)/C1=C\c1ccccc1OCC. The van der Waals surface area contributed by atoms with Gasteiger partial charge in [-0.05, 0) is 57.2 Å². The topological polar surface area (TPSA) is 55.8 Å². The number of nitrogens with zero attached hydrogens (tertiary/aromatic N) is 1. The molecule has 0 spiro atoms. The second-order valence-electron chi connectivity index (χ2n) is 6.33. The average Bonchev–Trinajstić information content (AvgIpc) is 2.94. The zero-order chi connectivity index (χ0) is 21.0. The Morgan fingerprint density at radius 2 is 1.76 bits per heavy atom. The summed E-state index contributed by atoms with van der Waals surface area (Å²) in [5.41, 5.74) is 2.36. The van der Waals surface area contributed by atoms with Crippen molar-refractivity contribution >= 4 is 35.2 Å². The molecule has 29 heavy (non-hydrogen) atoms. The quantitative estimate of drug-likeness (QED) is 0.495. The van der Waals surface area contributed by atoms with Gasteiger partial charge in [-0.25, -0.2) is 4.79 Å². The highest BCUT2D eigenvalue weighted by atomic mass is 35.5. The number of hydrogen-bond donors (Lipinski definition) is 0. The van der Waals surface area contributed by atoms with Gasteiger partial charge in [0.15, 0.2) is 0 Å². The van der Waals surface area contributed by atoms with Crippen molar-refractivity contribution in [2.45, 2.75) is 20.8 Å². The number of halogens is 1. The molecule has 5 nitrogen and oxygen atoms in total. The first-order valence-electron chi connectivity index (χ1n) is 9.39. The molecule has 150 valence electrons. The number of benzene rings is 2. The molecule has 0 aromatic heterocycles. The van der Waals surface area contributed by atoms with Crippen LogP contribution in [0.1, 0.15) is 26.3 Å². The van der Waals surface area contributed by atoms with Crippen molar-refractivity contribution in [1.29, 1.82) is 0 Å². The molecular formula is C23H22ClNO4. The molecule has 2 aromatic carbocycles. The third-order valence-corrected chi connectivity index (χ3v) is 4.74. The lowest BCUT2D eigenvalue weighted by atomic mass is 10.0. The fraction of sp³-hybridized carbons (Fsp3) is 0.217. The number of ether oxygens (including phenoxy) is 2. The van der Waals surface area contributed by atoms with Crippen molar-refractivity contribution in [3.63, 3.8) is 0 Å². The molecule has 2 aromatic rings. The van der Waals surface area contributed by atoms with Gasteiger partial charge in [-0.3, -0.25) is 9.69 Å². The summed E-state index contributed by atoms with van der Waals surface area (Å²) >= 11 is 5.98. The van der Waals surface area contributed by atoms with Crippen LogP contribution in [0, 0.1) is 0 Å². The predicted molar refractivity (Wildman–Crippen MR) is 114 cm³/mol. The molecule has 0 unspecified atom stereocenters. The Bertz CT molecular complexity index is 992. The zero-order valence-electron chi connectivity index (χ0n) is 16.6. The van der Waals surface area contributed by atoms with Crippen LogP contribution in [0.5, 0.6) is 5.75 Å². The van der Waals surface area contributed by atoms with Crippen LogP contribution in [-0.2, 0) is 14.3 Å². The van der Waals surface area contributed by atoms with Crippen molar-refractivity contribution in [2.24, 2.45) is 0 Å². The molecule has 0 saturated heterocycles. The van der Waals surface area contributed by atoms with E-state index in [-0.39, 0.29) is 23.7 Å². The third kappa shape index (κ3) is 4.20. The molecule has 0 N–H and O–H groups in total. The monoisotopic (exact) mass is 411 g/mol. The Kier molecular flexibility index (Phi) is 6.39. The van der Waals surface area contributed by atoms with Gasteiger partial charge in [0.05, 0.1) is 24.4 Å². The summed E-state index contributed by atoms with van der Waals surface area (Å²) in [6, 6.07) is 14.3. The summed E-state index contributed by atoms with van der Waals surface area (Å²) in [5.74, 6) is -0.199. The van der Waals surface area contributed by atoms with Gasteiger partial charge >= 0.3 is 5.97 Å². The maximum absolute atomic E-state index is 13.3. The lowest BCUT2D eigenvalue weighted by Gasteiger charge is -2.18. The fourth-order valence-corrected chi connectivity index (χ4v) is 3.35. The highest BCUT2D eigenvalue weighted by Crippen LogP contribution is 2.36. The van der Waals surface area contributed by atoms with Crippen molar-refractivity contribution < 1.29 is 19.1 Å². The lowest BCUT2D eigenvalue weighted by molar-refractivity contribution is -0.138. The minimum atomic E-state index is -0.532. The molecule has 1 amide bonds. The van der Waals surface area contributed by atoms with Gasteiger partial charge in [-0.1, -0.05) is 29.8 Å². The van der Waals surface area contributed by atoms with Crippen LogP contribution in [0.4, 0.5) is 5.69 Å². The van der Waals surface area contributed by atoms with Crippen molar-refractivity contribution in [3.05, 3.63) is 76.0 Å². The second kappa shape index (κ2) is 8.97. The molecule has 6 heteroatoms. The summed E-state index contributed by atoms with van der Waals surface area (Å²) in [6.45, 7) is 6.06. The summed E-state index contributed by atoms with van der Waals surface area (Å²) in [5, 5.41) is 0.564. The number of esters is 1. The van der Waals surface area contributed by atoms with E-state index in [0.29, 0.717) is 34.3 Å². The first-order valence-corrected chi connectivity index (χ1v) is 9.77. The number of rotatable bonds is 6.